The summed E-state index contributed by atoms with van der Waals surface area (Å²) in [5.74, 6) is -0.163. The molecule has 76 valence electrons. The Morgan fingerprint density at radius 3 is 2.73 bits per heavy atom. The predicted octanol–water partition coefficient (Wildman–Crippen LogP) is 2.38. The molecular formula is C9H6ClN3O2. The summed E-state index contributed by atoms with van der Waals surface area (Å²) in [6.07, 6.45) is 0. The molecule has 0 atom stereocenters. The number of fused-ring (bicyclic) bond motifs is 1. The first kappa shape index (κ1) is 9.67. The lowest BCUT2D eigenvalue weighted by Gasteiger charge is -2.02. The largest absolute Gasteiger partial charge is 0.378 e. The molecular weight excluding hydrogens is 218 g/mol. The van der Waals surface area contributed by atoms with Gasteiger partial charge in [0.15, 0.2) is 0 Å². The zero-order valence-corrected chi connectivity index (χ0v) is 8.23. The number of nitro groups is 1. The van der Waals surface area contributed by atoms with E-state index in [4.69, 9.17) is 17.3 Å². The number of hydrogen-bond acceptors (Lipinski definition) is 4. The second-order valence-corrected chi connectivity index (χ2v) is 3.31. The van der Waals surface area contributed by atoms with E-state index in [0.29, 0.717) is 10.9 Å². The Kier molecular flexibility index (Phi) is 2.17. The first-order chi connectivity index (χ1) is 7.11. The average molecular weight is 224 g/mol. The maximum Gasteiger partial charge on any atom is 0.330 e. The second-order valence-electron chi connectivity index (χ2n) is 2.93. The molecule has 0 radical (unpaired) electrons. The van der Waals surface area contributed by atoms with Crippen LogP contribution in [-0.2, 0) is 0 Å². The van der Waals surface area contributed by atoms with Gasteiger partial charge in [-0.2, -0.15) is 0 Å². The van der Waals surface area contributed by atoms with Gasteiger partial charge in [-0.15, -0.1) is 0 Å². The van der Waals surface area contributed by atoms with E-state index in [0.717, 1.165) is 0 Å². The Morgan fingerprint density at radius 1 is 1.40 bits per heavy atom. The molecule has 0 amide bonds. The number of pyridine rings is 1. The summed E-state index contributed by atoms with van der Waals surface area (Å²) in [6, 6.07) is 6.85. The highest BCUT2D eigenvalue weighted by atomic mass is 35.5. The number of nitrogens with two attached hydrogens (primary N) is 1. The van der Waals surface area contributed by atoms with Crippen LogP contribution in [0.3, 0.4) is 0 Å². The zero-order chi connectivity index (χ0) is 11.0. The fourth-order valence-electron chi connectivity index (χ4n) is 1.35. The van der Waals surface area contributed by atoms with E-state index >= 15 is 0 Å². The highest BCUT2D eigenvalue weighted by Gasteiger charge is 2.21. The van der Waals surface area contributed by atoms with E-state index < -0.39 is 4.92 Å². The summed E-state index contributed by atoms with van der Waals surface area (Å²) in [5.41, 5.74) is 5.66. The standard InChI is InChI=1S/C9H6ClN3O2/c10-7-5-3-1-2-4-6(5)12-9(11)8(7)13(14)15/h1-4H,(H2,11,12). The lowest BCUT2D eigenvalue weighted by atomic mass is 10.2. The van der Waals surface area contributed by atoms with Gasteiger partial charge in [0.1, 0.15) is 5.02 Å². The molecule has 0 spiro atoms. The number of nitrogen functional groups attached to an aromatic ring is 1. The summed E-state index contributed by atoms with van der Waals surface area (Å²) in [7, 11) is 0. The third-order valence-corrected chi connectivity index (χ3v) is 2.40. The molecule has 0 aliphatic heterocycles. The van der Waals surface area contributed by atoms with Crippen LogP contribution in [0.2, 0.25) is 5.02 Å². The molecule has 0 fully saturated rings. The van der Waals surface area contributed by atoms with Gasteiger partial charge in [-0.25, -0.2) is 4.98 Å². The predicted molar refractivity (Wildman–Crippen MR) is 57.8 cm³/mol. The third kappa shape index (κ3) is 1.46. The van der Waals surface area contributed by atoms with Crippen molar-refractivity contribution in [2.75, 3.05) is 5.73 Å². The van der Waals surface area contributed by atoms with Gasteiger partial charge in [0.2, 0.25) is 5.82 Å². The van der Waals surface area contributed by atoms with Crippen LogP contribution in [0.25, 0.3) is 10.9 Å². The maximum absolute atomic E-state index is 10.7. The number of nitrogens with zero attached hydrogens (tertiary/aromatic N) is 2. The lowest BCUT2D eigenvalue weighted by Crippen LogP contribution is -2.00. The number of benzene rings is 1. The molecule has 1 aromatic heterocycles. The molecule has 0 saturated carbocycles. The molecule has 1 aromatic carbocycles. The normalized spacial score (nSPS) is 10.5. The molecule has 5 nitrogen and oxygen atoms in total. The van der Waals surface area contributed by atoms with Crippen LogP contribution in [-0.4, -0.2) is 9.91 Å². The highest BCUT2D eigenvalue weighted by molar-refractivity contribution is 6.38. The van der Waals surface area contributed by atoms with Gasteiger partial charge in [-0.3, -0.25) is 10.1 Å². The molecule has 2 N–H and O–H groups in total. The molecule has 0 bridgehead atoms. The van der Waals surface area contributed by atoms with Crippen LogP contribution in [0.1, 0.15) is 0 Å². The third-order valence-electron chi connectivity index (χ3n) is 2.01. The van der Waals surface area contributed by atoms with Crippen molar-refractivity contribution < 1.29 is 4.92 Å². The van der Waals surface area contributed by atoms with Gasteiger partial charge in [0.05, 0.1) is 10.4 Å². The van der Waals surface area contributed by atoms with Gasteiger partial charge in [-0.05, 0) is 6.07 Å². The van der Waals surface area contributed by atoms with Crippen LogP contribution in [0.5, 0.6) is 0 Å². The molecule has 6 heteroatoms. The zero-order valence-electron chi connectivity index (χ0n) is 7.48. The molecule has 0 aliphatic rings. The van der Waals surface area contributed by atoms with E-state index in [2.05, 4.69) is 4.98 Å². The van der Waals surface area contributed by atoms with Gasteiger partial charge >= 0.3 is 5.69 Å². The van der Waals surface area contributed by atoms with Crippen molar-refractivity contribution in [3.63, 3.8) is 0 Å². The minimum atomic E-state index is -0.628. The number of anilines is 1. The number of rotatable bonds is 1. The summed E-state index contributed by atoms with van der Waals surface area (Å²) in [5, 5.41) is 11.2. The maximum atomic E-state index is 10.7. The molecule has 1 heterocycles. The molecule has 2 aromatic rings. The Hall–Kier alpha value is -1.88. The summed E-state index contributed by atoms with van der Waals surface area (Å²) < 4.78 is 0. The fourth-order valence-corrected chi connectivity index (χ4v) is 1.68. The molecule has 0 aliphatic carbocycles. The van der Waals surface area contributed by atoms with Crippen LogP contribution in [0.15, 0.2) is 24.3 Å². The number of hydrogen-bond donors (Lipinski definition) is 1. The van der Waals surface area contributed by atoms with Crippen molar-refractivity contribution in [1.82, 2.24) is 4.98 Å². The summed E-state index contributed by atoms with van der Waals surface area (Å²) >= 11 is 5.88. The highest BCUT2D eigenvalue weighted by Crippen LogP contribution is 2.35. The molecule has 2 rings (SSSR count). The van der Waals surface area contributed by atoms with Crippen molar-refractivity contribution in [1.29, 1.82) is 0 Å². The van der Waals surface area contributed by atoms with Crippen LogP contribution in [0, 0.1) is 10.1 Å². The molecule has 0 saturated heterocycles. The number of aromatic nitrogens is 1. The Morgan fingerprint density at radius 2 is 2.07 bits per heavy atom. The lowest BCUT2D eigenvalue weighted by molar-refractivity contribution is -0.383. The second kappa shape index (κ2) is 3.36. The van der Waals surface area contributed by atoms with Gasteiger partial charge < -0.3 is 5.73 Å². The Balaban J connectivity index is 2.90. The molecule has 15 heavy (non-hydrogen) atoms. The van der Waals surface area contributed by atoms with Gasteiger partial charge in [-0.1, -0.05) is 29.8 Å². The average Bonchev–Trinajstić information content (AvgIpc) is 2.17. The number of halogens is 1. The minimum absolute atomic E-state index is 0.0306. The van der Waals surface area contributed by atoms with Crippen LogP contribution < -0.4 is 5.73 Å². The first-order valence-electron chi connectivity index (χ1n) is 4.09. The van der Waals surface area contributed by atoms with Gasteiger partial charge in [0.25, 0.3) is 0 Å². The van der Waals surface area contributed by atoms with Crippen molar-refractivity contribution >= 4 is 34.0 Å². The van der Waals surface area contributed by atoms with Crippen molar-refractivity contribution in [3.05, 3.63) is 39.4 Å². The van der Waals surface area contributed by atoms with E-state index in [9.17, 15) is 10.1 Å². The fraction of sp³-hybridized carbons (Fsp3) is 0. The van der Waals surface area contributed by atoms with E-state index in [1.807, 2.05) is 0 Å². The summed E-state index contributed by atoms with van der Waals surface area (Å²) in [6.45, 7) is 0. The van der Waals surface area contributed by atoms with Gasteiger partial charge in [0, 0.05) is 5.39 Å². The van der Waals surface area contributed by atoms with E-state index in [1.165, 1.54) is 0 Å². The monoisotopic (exact) mass is 223 g/mol. The Bertz CT molecular complexity index is 556. The minimum Gasteiger partial charge on any atom is -0.378 e. The quantitative estimate of drug-likeness (QED) is 0.594. The molecule has 0 unspecified atom stereocenters. The van der Waals surface area contributed by atoms with Crippen molar-refractivity contribution in [2.24, 2.45) is 0 Å². The smallest absolute Gasteiger partial charge is 0.330 e. The van der Waals surface area contributed by atoms with Crippen LogP contribution >= 0.6 is 11.6 Å². The van der Waals surface area contributed by atoms with Crippen molar-refractivity contribution in [3.8, 4) is 0 Å². The van der Waals surface area contributed by atoms with Crippen molar-refractivity contribution in [2.45, 2.75) is 0 Å². The van der Waals surface area contributed by atoms with E-state index in [-0.39, 0.29) is 16.5 Å². The number of para-hydroxylation sites is 1. The summed E-state index contributed by atoms with van der Waals surface area (Å²) in [4.78, 5) is 14.0. The first-order valence-corrected chi connectivity index (χ1v) is 4.47. The Labute approximate surface area is 89.6 Å². The van der Waals surface area contributed by atoms with Crippen LogP contribution in [0.4, 0.5) is 11.5 Å². The topological polar surface area (TPSA) is 82.0 Å². The SMILES string of the molecule is Nc1nc2ccccc2c(Cl)c1[N+](=O)[O-]. The van der Waals surface area contributed by atoms with E-state index in [1.54, 1.807) is 24.3 Å².